The topological polar surface area (TPSA) is 96.9 Å². The van der Waals surface area contributed by atoms with Crippen LogP contribution in [-0.2, 0) is 0 Å². The number of pyridine rings is 1. The molecule has 7 nitrogen and oxygen atoms in total. The molecule has 2 saturated carbocycles. The molecule has 2 aliphatic carbocycles. The van der Waals surface area contributed by atoms with Gasteiger partial charge in [-0.1, -0.05) is 6.07 Å². The number of carbonyl (C=O) groups excluding carboxylic acids is 2. The van der Waals surface area contributed by atoms with Crippen LogP contribution in [0.5, 0.6) is 0 Å². The summed E-state index contributed by atoms with van der Waals surface area (Å²) in [6.07, 6.45) is 10.4. The van der Waals surface area contributed by atoms with Crippen LogP contribution in [0.3, 0.4) is 0 Å². The largest absolute Gasteiger partial charge is 0.348 e. The second-order valence-electron chi connectivity index (χ2n) is 7.97. The summed E-state index contributed by atoms with van der Waals surface area (Å²) in [5.74, 6) is 0.0765. The van der Waals surface area contributed by atoms with Crippen molar-refractivity contribution in [3.05, 3.63) is 53.9 Å². The quantitative estimate of drug-likeness (QED) is 0.850. The molecule has 3 unspecified atom stereocenters. The van der Waals surface area contributed by atoms with Gasteiger partial charge in [-0.05, 0) is 63.5 Å². The predicted octanol–water partition coefficient (Wildman–Crippen LogP) is 2.43. The molecule has 2 aliphatic rings. The van der Waals surface area contributed by atoms with E-state index in [1.165, 1.54) is 6.20 Å². The number of nitrogens with one attached hydrogen (secondary N) is 2. The van der Waals surface area contributed by atoms with Crippen LogP contribution >= 0.6 is 0 Å². The minimum absolute atomic E-state index is 0.120. The number of hydrogen-bond acceptors (Lipinski definition) is 5. The van der Waals surface area contributed by atoms with Crippen molar-refractivity contribution in [1.82, 2.24) is 25.6 Å². The predicted molar refractivity (Wildman–Crippen MR) is 104 cm³/mol. The number of carbonyl (C=O) groups is 2. The molecular formula is C21H25N5O2. The Bertz CT molecular complexity index is 855. The minimum atomic E-state index is -0.210. The highest BCUT2D eigenvalue weighted by Crippen LogP contribution is 2.43. The van der Waals surface area contributed by atoms with Crippen LogP contribution in [0.15, 0.2) is 36.8 Å². The lowest BCUT2D eigenvalue weighted by atomic mass is 9.91. The lowest BCUT2D eigenvalue weighted by Gasteiger charge is -2.29. The van der Waals surface area contributed by atoms with E-state index in [9.17, 15) is 9.59 Å². The van der Waals surface area contributed by atoms with Gasteiger partial charge in [0.15, 0.2) is 0 Å². The number of fused-ring (bicyclic) bond motifs is 2. The molecule has 2 bridgehead atoms. The monoisotopic (exact) mass is 379 g/mol. The first-order chi connectivity index (χ1) is 13.5. The highest BCUT2D eigenvalue weighted by Gasteiger charge is 2.45. The van der Waals surface area contributed by atoms with Gasteiger partial charge in [-0.25, -0.2) is 4.98 Å². The Balaban J connectivity index is 1.42. The van der Waals surface area contributed by atoms with Gasteiger partial charge in [0, 0.05) is 24.0 Å². The molecule has 4 rings (SSSR count). The molecule has 3 atom stereocenters. The third-order valence-corrected chi connectivity index (χ3v) is 5.99. The van der Waals surface area contributed by atoms with Gasteiger partial charge in [-0.2, -0.15) is 0 Å². The molecule has 146 valence electrons. The first-order valence-electron chi connectivity index (χ1n) is 9.88. The lowest BCUT2D eigenvalue weighted by molar-refractivity contribution is 0.0883. The van der Waals surface area contributed by atoms with Crippen molar-refractivity contribution in [1.29, 1.82) is 0 Å². The van der Waals surface area contributed by atoms with Crippen molar-refractivity contribution >= 4 is 11.8 Å². The van der Waals surface area contributed by atoms with E-state index < -0.39 is 0 Å². The maximum atomic E-state index is 12.7. The smallest absolute Gasteiger partial charge is 0.271 e. The van der Waals surface area contributed by atoms with E-state index in [0.717, 1.165) is 44.2 Å². The standard InChI is InChI=1S/C21H25N5O2/c1-14-12-24-18(13-23-14)20(28)26-21-8-4-6-16(15(11-21)7-9-21)25-19(27)17-5-2-3-10-22-17/h2-3,5,10,12-13,15-16H,4,6-9,11H2,1H3,(H,25,27)(H,26,28). The molecule has 0 radical (unpaired) electrons. The van der Waals surface area contributed by atoms with Gasteiger partial charge in [0.1, 0.15) is 11.4 Å². The highest BCUT2D eigenvalue weighted by atomic mass is 16.2. The molecule has 2 aromatic heterocycles. The first kappa shape index (κ1) is 18.5. The van der Waals surface area contributed by atoms with Crippen LogP contribution in [0, 0.1) is 12.8 Å². The Kier molecular flexibility index (Phi) is 5.07. The van der Waals surface area contributed by atoms with Gasteiger partial charge < -0.3 is 10.6 Å². The number of nitrogens with zero attached hydrogens (tertiary/aromatic N) is 3. The van der Waals surface area contributed by atoms with Gasteiger partial charge in [0.2, 0.25) is 0 Å². The number of hydrogen-bond donors (Lipinski definition) is 2. The molecule has 2 heterocycles. The average molecular weight is 379 g/mol. The van der Waals surface area contributed by atoms with Crippen LogP contribution in [0.25, 0.3) is 0 Å². The van der Waals surface area contributed by atoms with Gasteiger partial charge in [0.05, 0.1) is 11.9 Å². The Morgan fingerprint density at radius 1 is 1.04 bits per heavy atom. The number of aryl methyl sites for hydroxylation is 1. The van der Waals surface area contributed by atoms with E-state index in [4.69, 9.17) is 0 Å². The summed E-state index contributed by atoms with van der Waals surface area (Å²) in [7, 11) is 0. The van der Waals surface area contributed by atoms with E-state index in [0.29, 0.717) is 17.3 Å². The molecule has 0 aromatic carbocycles. The molecule has 0 aliphatic heterocycles. The fourth-order valence-electron chi connectivity index (χ4n) is 4.55. The SMILES string of the molecule is Cc1cnc(C(=O)NC23CCCC(NC(=O)c4ccccn4)C(CC2)C3)cn1. The summed E-state index contributed by atoms with van der Waals surface area (Å²) in [4.78, 5) is 37.7. The van der Waals surface area contributed by atoms with Crippen molar-refractivity contribution in [2.75, 3.05) is 0 Å². The zero-order valence-electron chi connectivity index (χ0n) is 16.0. The van der Waals surface area contributed by atoms with Gasteiger partial charge in [-0.15, -0.1) is 0 Å². The third kappa shape index (κ3) is 3.88. The third-order valence-electron chi connectivity index (χ3n) is 5.99. The normalized spacial score (nSPS) is 26.3. The van der Waals surface area contributed by atoms with Crippen molar-refractivity contribution in [2.45, 2.75) is 57.0 Å². The zero-order chi connectivity index (χ0) is 19.6. The maximum absolute atomic E-state index is 12.7. The van der Waals surface area contributed by atoms with E-state index in [-0.39, 0.29) is 23.4 Å². The van der Waals surface area contributed by atoms with Crippen LogP contribution in [-0.4, -0.2) is 38.3 Å². The molecule has 2 amide bonds. The molecule has 28 heavy (non-hydrogen) atoms. The first-order valence-corrected chi connectivity index (χ1v) is 9.88. The van der Waals surface area contributed by atoms with Crippen molar-refractivity contribution in [3.63, 3.8) is 0 Å². The van der Waals surface area contributed by atoms with E-state index in [1.54, 1.807) is 24.5 Å². The van der Waals surface area contributed by atoms with Gasteiger partial charge >= 0.3 is 0 Å². The molecular weight excluding hydrogens is 354 g/mol. The summed E-state index contributed by atoms with van der Waals surface area (Å²) in [6.45, 7) is 1.85. The Labute approximate surface area is 164 Å². The average Bonchev–Trinajstić information content (AvgIpc) is 3.03. The Hall–Kier alpha value is -2.83. The van der Waals surface area contributed by atoms with Crippen LogP contribution in [0.1, 0.15) is 65.2 Å². The summed E-state index contributed by atoms with van der Waals surface area (Å²) in [6, 6.07) is 5.47. The highest BCUT2D eigenvalue weighted by molar-refractivity contribution is 5.93. The van der Waals surface area contributed by atoms with Crippen LogP contribution in [0.4, 0.5) is 0 Å². The summed E-state index contributed by atoms with van der Waals surface area (Å²) in [5.41, 5.74) is 1.38. The zero-order valence-corrected chi connectivity index (χ0v) is 16.0. The van der Waals surface area contributed by atoms with Crippen molar-refractivity contribution in [3.8, 4) is 0 Å². The summed E-state index contributed by atoms with van der Waals surface area (Å²) < 4.78 is 0. The Morgan fingerprint density at radius 2 is 1.93 bits per heavy atom. The van der Waals surface area contributed by atoms with E-state index >= 15 is 0 Å². The van der Waals surface area contributed by atoms with E-state index in [2.05, 4.69) is 25.6 Å². The maximum Gasteiger partial charge on any atom is 0.271 e. The van der Waals surface area contributed by atoms with Gasteiger partial charge in [0.25, 0.3) is 11.8 Å². The molecule has 0 spiro atoms. The second kappa shape index (κ2) is 7.66. The molecule has 7 heteroatoms. The number of amides is 2. The fourth-order valence-corrected chi connectivity index (χ4v) is 4.55. The van der Waals surface area contributed by atoms with Crippen LogP contribution in [0.2, 0.25) is 0 Å². The summed E-state index contributed by atoms with van der Waals surface area (Å²) >= 11 is 0. The van der Waals surface area contributed by atoms with Crippen LogP contribution < -0.4 is 10.6 Å². The van der Waals surface area contributed by atoms with Gasteiger partial charge in [-0.3, -0.25) is 19.6 Å². The van der Waals surface area contributed by atoms with Crippen molar-refractivity contribution in [2.24, 2.45) is 5.92 Å². The second-order valence-corrected chi connectivity index (χ2v) is 7.97. The molecule has 2 N–H and O–H groups in total. The number of aromatic nitrogens is 3. The van der Waals surface area contributed by atoms with E-state index in [1.807, 2.05) is 13.0 Å². The molecule has 2 fully saturated rings. The molecule has 2 aromatic rings. The number of rotatable bonds is 4. The lowest BCUT2D eigenvalue weighted by Crippen LogP contribution is -2.46. The molecule has 0 saturated heterocycles. The summed E-state index contributed by atoms with van der Waals surface area (Å²) in [5, 5.41) is 6.41. The minimum Gasteiger partial charge on any atom is -0.348 e. The fraction of sp³-hybridized carbons (Fsp3) is 0.476. The Morgan fingerprint density at radius 3 is 2.68 bits per heavy atom. The van der Waals surface area contributed by atoms with Crippen molar-refractivity contribution < 1.29 is 9.59 Å².